The van der Waals surface area contributed by atoms with Gasteiger partial charge in [-0.3, -0.25) is 4.79 Å². The van der Waals surface area contributed by atoms with Gasteiger partial charge < -0.3 is 15.0 Å². The fraction of sp³-hybridized carbons (Fsp3) is 0.421. The van der Waals surface area contributed by atoms with Crippen molar-refractivity contribution in [3.8, 4) is 5.95 Å². The van der Waals surface area contributed by atoms with Crippen LogP contribution in [0, 0.1) is 0 Å². The summed E-state index contributed by atoms with van der Waals surface area (Å²) in [4.78, 5) is 25.3. The maximum Gasteiger partial charge on any atom is 0.287 e. The lowest BCUT2D eigenvalue weighted by atomic mass is 10.1. The number of carbonyl (C=O) groups excluding carboxylic acids is 1. The van der Waals surface area contributed by atoms with Crippen LogP contribution in [-0.2, 0) is 15.5 Å². The number of ether oxygens (including phenoxy) is 1. The molecule has 0 unspecified atom stereocenters. The molecule has 1 aliphatic heterocycles. The first-order chi connectivity index (χ1) is 14.4. The van der Waals surface area contributed by atoms with Gasteiger partial charge in [-0.2, -0.15) is 13.5 Å². The van der Waals surface area contributed by atoms with Crippen molar-refractivity contribution in [2.24, 2.45) is 0 Å². The minimum absolute atomic E-state index is 0.0142. The van der Waals surface area contributed by atoms with E-state index in [9.17, 15) is 13.6 Å². The molecule has 1 amide bonds. The first kappa shape index (κ1) is 20.1. The standard InChI is InChI=1S/C19H21F2N7O2/c1-19(20,21)15-3-6-22-18(25-15)28-14-9-16(24-11-29)23-10-13(14)17(26-28)27-7-4-12(30-2)5-8-27/h3,6,9-12H,4-5,7-8H2,1-2H3,(H,23,24,29). The van der Waals surface area contributed by atoms with Crippen molar-refractivity contribution in [3.63, 3.8) is 0 Å². The maximum absolute atomic E-state index is 13.8. The van der Waals surface area contributed by atoms with Crippen molar-refractivity contribution < 1.29 is 18.3 Å². The van der Waals surface area contributed by atoms with Crippen LogP contribution in [0.5, 0.6) is 0 Å². The number of aromatic nitrogens is 5. The number of anilines is 2. The SMILES string of the molecule is COC1CCN(c2nn(-c3nccc(C(C)(F)F)n3)c3cc(NC=O)ncc23)CC1. The van der Waals surface area contributed by atoms with Crippen molar-refractivity contribution >= 4 is 28.9 Å². The smallest absolute Gasteiger partial charge is 0.287 e. The summed E-state index contributed by atoms with van der Waals surface area (Å²) in [5, 5.41) is 7.83. The third-order valence-corrected chi connectivity index (χ3v) is 5.11. The Balaban J connectivity index is 1.82. The van der Waals surface area contributed by atoms with Gasteiger partial charge >= 0.3 is 0 Å². The van der Waals surface area contributed by atoms with E-state index in [0.717, 1.165) is 32.9 Å². The first-order valence-corrected chi connectivity index (χ1v) is 9.49. The summed E-state index contributed by atoms with van der Waals surface area (Å²) in [6.45, 7) is 2.24. The maximum atomic E-state index is 13.8. The highest BCUT2D eigenvalue weighted by molar-refractivity contribution is 5.93. The highest BCUT2D eigenvalue weighted by Crippen LogP contribution is 2.31. The molecular formula is C19H21F2N7O2. The second-order valence-corrected chi connectivity index (χ2v) is 7.14. The molecule has 0 bridgehead atoms. The van der Waals surface area contributed by atoms with Gasteiger partial charge in [0, 0.05) is 45.6 Å². The highest BCUT2D eigenvalue weighted by Gasteiger charge is 2.28. The monoisotopic (exact) mass is 417 g/mol. The molecule has 1 aliphatic rings. The van der Waals surface area contributed by atoms with Crippen LogP contribution in [0.4, 0.5) is 20.4 Å². The van der Waals surface area contributed by atoms with Crippen molar-refractivity contribution in [2.45, 2.75) is 31.8 Å². The minimum Gasteiger partial charge on any atom is -0.381 e. The van der Waals surface area contributed by atoms with E-state index in [4.69, 9.17) is 4.74 Å². The van der Waals surface area contributed by atoms with Gasteiger partial charge in [-0.1, -0.05) is 0 Å². The van der Waals surface area contributed by atoms with Crippen LogP contribution in [-0.4, -0.2) is 57.4 Å². The number of nitrogens with zero attached hydrogens (tertiary/aromatic N) is 6. The number of alkyl halides is 2. The molecule has 0 aromatic carbocycles. The number of nitrogens with one attached hydrogen (secondary N) is 1. The summed E-state index contributed by atoms with van der Waals surface area (Å²) < 4.78 is 34.4. The van der Waals surface area contributed by atoms with E-state index in [2.05, 4.69) is 30.3 Å². The molecule has 3 aromatic rings. The lowest BCUT2D eigenvalue weighted by Gasteiger charge is -2.31. The number of rotatable bonds is 6. The molecule has 1 fully saturated rings. The molecule has 0 radical (unpaired) electrons. The number of methoxy groups -OCH3 is 1. The van der Waals surface area contributed by atoms with Crippen LogP contribution in [0.15, 0.2) is 24.5 Å². The Morgan fingerprint density at radius 3 is 2.73 bits per heavy atom. The molecule has 0 atom stereocenters. The Morgan fingerprint density at radius 1 is 1.30 bits per heavy atom. The van der Waals surface area contributed by atoms with Gasteiger partial charge in [0.05, 0.1) is 17.0 Å². The van der Waals surface area contributed by atoms with Crippen LogP contribution in [0.1, 0.15) is 25.5 Å². The van der Waals surface area contributed by atoms with Crippen LogP contribution in [0.3, 0.4) is 0 Å². The van der Waals surface area contributed by atoms with Gasteiger partial charge in [-0.15, -0.1) is 5.10 Å². The first-order valence-electron chi connectivity index (χ1n) is 9.49. The lowest BCUT2D eigenvalue weighted by Crippen LogP contribution is -2.37. The van der Waals surface area contributed by atoms with Crippen LogP contribution >= 0.6 is 0 Å². The van der Waals surface area contributed by atoms with Crippen molar-refractivity contribution in [1.29, 1.82) is 0 Å². The average molecular weight is 417 g/mol. The van der Waals surface area contributed by atoms with Gasteiger partial charge in [0.1, 0.15) is 11.5 Å². The second-order valence-electron chi connectivity index (χ2n) is 7.14. The fourth-order valence-corrected chi connectivity index (χ4v) is 3.52. The average Bonchev–Trinajstić information content (AvgIpc) is 3.12. The highest BCUT2D eigenvalue weighted by atomic mass is 19.3. The summed E-state index contributed by atoms with van der Waals surface area (Å²) in [5.74, 6) is -2.14. The topological polar surface area (TPSA) is 98.1 Å². The van der Waals surface area contributed by atoms with Gasteiger partial charge in [0.2, 0.25) is 6.41 Å². The Hall–Kier alpha value is -3.21. The third kappa shape index (κ3) is 3.80. The number of hydrogen-bond donors (Lipinski definition) is 1. The Kier molecular flexibility index (Phi) is 5.29. The molecule has 9 nitrogen and oxygen atoms in total. The van der Waals surface area contributed by atoms with E-state index >= 15 is 0 Å². The third-order valence-electron chi connectivity index (χ3n) is 5.11. The van der Waals surface area contributed by atoms with Crippen molar-refractivity contribution in [3.05, 3.63) is 30.2 Å². The van der Waals surface area contributed by atoms with E-state index < -0.39 is 11.6 Å². The molecule has 1 N–H and O–H groups in total. The number of piperidine rings is 1. The molecular weight excluding hydrogens is 396 g/mol. The second kappa shape index (κ2) is 7.90. The Bertz CT molecular complexity index is 1060. The fourth-order valence-electron chi connectivity index (χ4n) is 3.52. The zero-order chi connectivity index (χ0) is 21.3. The summed E-state index contributed by atoms with van der Waals surface area (Å²) in [7, 11) is 1.70. The molecule has 30 heavy (non-hydrogen) atoms. The van der Waals surface area contributed by atoms with Gasteiger partial charge in [0.25, 0.3) is 11.9 Å². The number of carbonyl (C=O) groups is 1. The normalized spacial score (nSPS) is 15.5. The molecule has 0 saturated carbocycles. The number of fused-ring (bicyclic) bond motifs is 1. The summed E-state index contributed by atoms with van der Waals surface area (Å²) >= 11 is 0. The zero-order valence-corrected chi connectivity index (χ0v) is 16.5. The summed E-state index contributed by atoms with van der Waals surface area (Å²) in [5.41, 5.74) is 0.147. The lowest BCUT2D eigenvalue weighted by molar-refractivity contribution is -0.105. The van der Waals surface area contributed by atoms with E-state index in [1.807, 2.05) is 0 Å². The number of amides is 1. The van der Waals surface area contributed by atoms with Crippen molar-refractivity contribution in [1.82, 2.24) is 24.7 Å². The van der Waals surface area contributed by atoms with E-state index in [0.29, 0.717) is 28.9 Å². The van der Waals surface area contributed by atoms with E-state index in [-0.39, 0.29) is 12.1 Å². The molecule has 4 heterocycles. The van der Waals surface area contributed by atoms with E-state index in [1.54, 1.807) is 19.4 Å². The predicted octanol–water partition coefficient (Wildman–Crippen LogP) is 2.51. The molecule has 158 valence electrons. The van der Waals surface area contributed by atoms with Gasteiger partial charge in [-0.25, -0.2) is 15.0 Å². The van der Waals surface area contributed by atoms with E-state index in [1.165, 1.54) is 16.9 Å². The van der Waals surface area contributed by atoms with Gasteiger partial charge in [0.15, 0.2) is 5.82 Å². The van der Waals surface area contributed by atoms with Crippen molar-refractivity contribution in [2.75, 3.05) is 30.4 Å². The molecule has 0 aliphatic carbocycles. The quantitative estimate of drug-likeness (QED) is 0.616. The minimum atomic E-state index is -3.11. The largest absolute Gasteiger partial charge is 0.381 e. The number of halogens is 2. The van der Waals surface area contributed by atoms with Crippen LogP contribution < -0.4 is 10.2 Å². The Labute approximate surface area is 171 Å². The van der Waals surface area contributed by atoms with Gasteiger partial charge in [-0.05, 0) is 18.9 Å². The molecule has 3 aromatic heterocycles. The molecule has 4 rings (SSSR count). The summed E-state index contributed by atoms with van der Waals surface area (Å²) in [6.07, 6.45) is 5.27. The van der Waals surface area contributed by atoms with Crippen LogP contribution in [0.2, 0.25) is 0 Å². The zero-order valence-electron chi connectivity index (χ0n) is 16.5. The summed E-state index contributed by atoms with van der Waals surface area (Å²) in [6, 6.07) is 2.79. The number of hydrogen-bond acceptors (Lipinski definition) is 7. The Morgan fingerprint density at radius 2 is 2.07 bits per heavy atom. The molecule has 0 spiro atoms. The molecule has 11 heteroatoms. The molecule has 1 saturated heterocycles. The predicted molar refractivity (Wildman–Crippen MR) is 106 cm³/mol. The number of pyridine rings is 1. The van der Waals surface area contributed by atoms with Crippen LogP contribution in [0.25, 0.3) is 16.9 Å².